The third kappa shape index (κ3) is 5.19. The van der Waals surface area contributed by atoms with E-state index in [4.69, 9.17) is 23.2 Å². The van der Waals surface area contributed by atoms with Crippen molar-refractivity contribution >= 4 is 40.7 Å². The fourth-order valence-electron chi connectivity index (χ4n) is 2.49. The summed E-state index contributed by atoms with van der Waals surface area (Å²) in [5.41, 5.74) is 0.983. The second-order valence-electron chi connectivity index (χ2n) is 5.80. The van der Waals surface area contributed by atoms with Gasteiger partial charge in [-0.25, -0.2) is 0 Å². The van der Waals surface area contributed by atoms with Crippen LogP contribution in [-0.2, 0) is 0 Å². The van der Waals surface area contributed by atoms with E-state index in [1.807, 2.05) is 13.8 Å². The number of aromatic nitrogens is 1. The van der Waals surface area contributed by atoms with Crippen LogP contribution < -0.4 is 5.32 Å². The minimum absolute atomic E-state index is 0.177. The molecule has 0 saturated carbocycles. The van der Waals surface area contributed by atoms with Crippen LogP contribution in [0.25, 0.3) is 0 Å². The standard InChI is InChI=1S/C19H21Cl2N3O2/c1-3-9-24(10-4-2)19(26)17-11-13(7-8-22-17)18(25)23-16-12-14(20)5-6-15(16)21/h5-8,11-12H,3-4,9-10H2,1-2H3,(H,23,25). The van der Waals surface area contributed by atoms with E-state index in [-0.39, 0.29) is 17.5 Å². The Hall–Kier alpha value is -2.11. The molecule has 2 rings (SSSR count). The van der Waals surface area contributed by atoms with E-state index in [0.29, 0.717) is 34.4 Å². The lowest BCUT2D eigenvalue weighted by molar-refractivity contribution is 0.0749. The highest BCUT2D eigenvalue weighted by molar-refractivity contribution is 6.35. The van der Waals surface area contributed by atoms with E-state index in [2.05, 4.69) is 10.3 Å². The maximum Gasteiger partial charge on any atom is 0.272 e. The molecule has 0 bridgehead atoms. The molecule has 0 spiro atoms. The fourth-order valence-corrected chi connectivity index (χ4v) is 2.83. The summed E-state index contributed by atoms with van der Waals surface area (Å²) >= 11 is 12.0. The fraction of sp³-hybridized carbons (Fsp3) is 0.316. The molecule has 0 saturated heterocycles. The molecule has 0 aliphatic carbocycles. The topological polar surface area (TPSA) is 62.3 Å². The third-order valence-corrected chi connectivity index (χ3v) is 4.26. The Morgan fingerprint density at radius 3 is 2.42 bits per heavy atom. The molecular formula is C19H21Cl2N3O2. The Kier molecular flexibility index (Phi) is 7.42. The van der Waals surface area contributed by atoms with Gasteiger partial charge in [-0.15, -0.1) is 0 Å². The highest BCUT2D eigenvalue weighted by atomic mass is 35.5. The molecule has 2 amide bonds. The van der Waals surface area contributed by atoms with E-state index < -0.39 is 0 Å². The van der Waals surface area contributed by atoms with Crippen LogP contribution in [0.15, 0.2) is 36.5 Å². The molecule has 2 aromatic rings. The molecule has 0 aliphatic rings. The van der Waals surface area contributed by atoms with Crippen LogP contribution in [0, 0.1) is 0 Å². The van der Waals surface area contributed by atoms with E-state index in [9.17, 15) is 9.59 Å². The average molecular weight is 394 g/mol. The highest BCUT2D eigenvalue weighted by Crippen LogP contribution is 2.26. The van der Waals surface area contributed by atoms with Gasteiger partial charge in [-0.3, -0.25) is 14.6 Å². The number of hydrogen-bond acceptors (Lipinski definition) is 3. The van der Waals surface area contributed by atoms with Gasteiger partial charge in [0.05, 0.1) is 10.7 Å². The van der Waals surface area contributed by atoms with Gasteiger partial charge >= 0.3 is 0 Å². The maximum atomic E-state index is 12.6. The number of carbonyl (C=O) groups is 2. The van der Waals surface area contributed by atoms with Crippen LogP contribution >= 0.6 is 23.2 Å². The molecule has 0 fully saturated rings. The van der Waals surface area contributed by atoms with Gasteiger partial charge < -0.3 is 10.2 Å². The molecule has 7 heteroatoms. The summed E-state index contributed by atoms with van der Waals surface area (Å²) < 4.78 is 0. The van der Waals surface area contributed by atoms with Crippen LogP contribution in [0.2, 0.25) is 10.0 Å². The van der Waals surface area contributed by atoms with Gasteiger partial charge in [0, 0.05) is 29.9 Å². The quantitative estimate of drug-likeness (QED) is 0.726. The first-order chi connectivity index (χ1) is 12.5. The Bertz CT molecular complexity index is 790. The van der Waals surface area contributed by atoms with E-state index in [1.54, 1.807) is 29.2 Å². The van der Waals surface area contributed by atoms with Crippen LogP contribution in [0.3, 0.4) is 0 Å². The van der Waals surface area contributed by atoms with Gasteiger partial charge in [-0.05, 0) is 43.2 Å². The molecule has 138 valence electrons. The molecular weight excluding hydrogens is 373 g/mol. The lowest BCUT2D eigenvalue weighted by Gasteiger charge is -2.21. The zero-order chi connectivity index (χ0) is 19.1. The molecule has 1 aromatic heterocycles. The summed E-state index contributed by atoms with van der Waals surface area (Å²) in [6.45, 7) is 5.34. The minimum atomic E-state index is -0.386. The second-order valence-corrected chi connectivity index (χ2v) is 6.64. The van der Waals surface area contributed by atoms with Crippen molar-refractivity contribution in [1.82, 2.24) is 9.88 Å². The highest BCUT2D eigenvalue weighted by Gasteiger charge is 2.18. The Labute approximate surface area is 163 Å². The number of halogens is 2. The molecule has 1 heterocycles. The first-order valence-corrected chi connectivity index (χ1v) is 9.23. The number of nitrogens with zero attached hydrogens (tertiary/aromatic N) is 2. The number of hydrogen-bond donors (Lipinski definition) is 1. The second kappa shape index (κ2) is 9.55. The number of rotatable bonds is 7. The molecule has 1 N–H and O–H groups in total. The third-order valence-electron chi connectivity index (χ3n) is 3.69. The first-order valence-electron chi connectivity index (χ1n) is 8.48. The summed E-state index contributed by atoms with van der Waals surface area (Å²) in [5.74, 6) is -0.563. The molecule has 0 atom stereocenters. The number of amides is 2. The van der Waals surface area contributed by atoms with Gasteiger partial charge in [-0.1, -0.05) is 37.0 Å². The summed E-state index contributed by atoms with van der Waals surface area (Å²) in [6, 6.07) is 7.86. The van der Waals surface area contributed by atoms with Crippen molar-refractivity contribution in [3.63, 3.8) is 0 Å². The Morgan fingerprint density at radius 2 is 1.77 bits per heavy atom. The van der Waals surface area contributed by atoms with Crippen molar-refractivity contribution in [3.05, 3.63) is 57.8 Å². The number of benzene rings is 1. The predicted octanol–water partition coefficient (Wildman–Crippen LogP) is 4.90. The summed E-state index contributed by atoms with van der Waals surface area (Å²) in [7, 11) is 0. The number of anilines is 1. The zero-order valence-electron chi connectivity index (χ0n) is 14.8. The van der Waals surface area contributed by atoms with Crippen molar-refractivity contribution < 1.29 is 9.59 Å². The lowest BCUT2D eigenvalue weighted by atomic mass is 10.2. The van der Waals surface area contributed by atoms with Crippen molar-refractivity contribution in [2.75, 3.05) is 18.4 Å². The molecule has 0 radical (unpaired) electrons. The summed E-state index contributed by atoms with van der Waals surface area (Å²) in [5, 5.41) is 3.55. The predicted molar refractivity (Wildman–Crippen MR) is 105 cm³/mol. The van der Waals surface area contributed by atoms with Gasteiger partial charge in [0.2, 0.25) is 0 Å². The SMILES string of the molecule is CCCN(CCC)C(=O)c1cc(C(=O)Nc2cc(Cl)ccc2Cl)ccn1. The first kappa shape index (κ1) is 20.2. The van der Waals surface area contributed by atoms with E-state index in [0.717, 1.165) is 12.8 Å². The van der Waals surface area contributed by atoms with E-state index in [1.165, 1.54) is 12.3 Å². The number of nitrogens with one attached hydrogen (secondary N) is 1. The van der Waals surface area contributed by atoms with Crippen LogP contribution in [-0.4, -0.2) is 34.8 Å². The Morgan fingerprint density at radius 1 is 1.08 bits per heavy atom. The summed E-state index contributed by atoms with van der Waals surface area (Å²) in [6.07, 6.45) is 3.18. The number of pyridine rings is 1. The largest absolute Gasteiger partial charge is 0.337 e. The van der Waals surface area contributed by atoms with E-state index >= 15 is 0 Å². The van der Waals surface area contributed by atoms with Crippen LogP contribution in [0.4, 0.5) is 5.69 Å². The van der Waals surface area contributed by atoms with Crippen molar-refractivity contribution in [1.29, 1.82) is 0 Å². The average Bonchev–Trinajstić information content (AvgIpc) is 2.64. The normalized spacial score (nSPS) is 10.5. The molecule has 26 heavy (non-hydrogen) atoms. The maximum absolute atomic E-state index is 12.6. The van der Waals surface area contributed by atoms with Crippen molar-refractivity contribution in [2.24, 2.45) is 0 Å². The van der Waals surface area contributed by atoms with Crippen LogP contribution in [0.1, 0.15) is 47.5 Å². The lowest BCUT2D eigenvalue weighted by Crippen LogP contribution is -2.33. The van der Waals surface area contributed by atoms with Gasteiger partial charge in [0.15, 0.2) is 0 Å². The van der Waals surface area contributed by atoms with Crippen molar-refractivity contribution in [2.45, 2.75) is 26.7 Å². The minimum Gasteiger partial charge on any atom is -0.337 e. The Balaban J connectivity index is 2.21. The molecule has 5 nitrogen and oxygen atoms in total. The summed E-state index contributed by atoms with van der Waals surface area (Å²) in [4.78, 5) is 31.0. The number of carbonyl (C=O) groups excluding carboxylic acids is 2. The molecule has 0 unspecified atom stereocenters. The smallest absolute Gasteiger partial charge is 0.272 e. The monoisotopic (exact) mass is 393 g/mol. The van der Waals surface area contributed by atoms with Gasteiger partial charge in [-0.2, -0.15) is 0 Å². The molecule has 1 aromatic carbocycles. The van der Waals surface area contributed by atoms with Gasteiger partial charge in [0.1, 0.15) is 5.69 Å². The zero-order valence-corrected chi connectivity index (χ0v) is 16.3. The van der Waals surface area contributed by atoms with Gasteiger partial charge in [0.25, 0.3) is 11.8 Å². The molecule has 0 aliphatic heterocycles. The van der Waals surface area contributed by atoms with Crippen molar-refractivity contribution in [3.8, 4) is 0 Å². The van der Waals surface area contributed by atoms with Crippen LogP contribution in [0.5, 0.6) is 0 Å².